The molecule has 3 rings (SSSR count). The zero-order valence-corrected chi connectivity index (χ0v) is 15.9. The summed E-state index contributed by atoms with van der Waals surface area (Å²) in [4.78, 5) is 31.0. The van der Waals surface area contributed by atoms with E-state index in [9.17, 15) is 14.7 Å². The molecule has 0 spiro atoms. The smallest absolute Gasteiger partial charge is 0.322 e. The Morgan fingerprint density at radius 2 is 1.75 bits per heavy atom. The van der Waals surface area contributed by atoms with E-state index in [0.29, 0.717) is 10.9 Å². The largest absolute Gasteiger partial charge is 0.505 e. The molecule has 2 aromatic heterocycles. The Morgan fingerprint density at radius 3 is 2.36 bits per heavy atom. The Morgan fingerprint density at radius 1 is 1.07 bits per heavy atom. The monoisotopic (exact) mass is 379 g/mol. The summed E-state index contributed by atoms with van der Waals surface area (Å²) in [6.45, 7) is 5.89. The predicted octanol–water partition coefficient (Wildman–Crippen LogP) is 3.11. The molecule has 1 aromatic carbocycles. The van der Waals surface area contributed by atoms with Crippen LogP contribution in [0.15, 0.2) is 42.6 Å². The number of pyridine rings is 2. The topological polar surface area (TPSA) is 112 Å². The van der Waals surface area contributed by atoms with E-state index in [2.05, 4.69) is 48.2 Å². The molecule has 2 heterocycles. The third kappa shape index (κ3) is 3.93. The highest BCUT2D eigenvalue weighted by molar-refractivity contribution is 6.01. The lowest BCUT2D eigenvalue weighted by Crippen LogP contribution is -2.29. The second-order valence-corrected chi connectivity index (χ2v) is 7.49. The number of aromatic nitrogens is 2. The van der Waals surface area contributed by atoms with Crippen LogP contribution in [0.25, 0.3) is 22.2 Å². The normalized spacial score (nSPS) is 11.4. The number of carboxylic acids is 1. The molecule has 7 nitrogen and oxygen atoms in total. The number of hydrogen-bond acceptors (Lipinski definition) is 5. The molecular formula is C21H21N3O4. The summed E-state index contributed by atoms with van der Waals surface area (Å²) in [5, 5.41) is 21.5. The lowest BCUT2D eigenvalue weighted by molar-refractivity contribution is -0.135. The second kappa shape index (κ2) is 7.26. The van der Waals surface area contributed by atoms with Gasteiger partial charge in [-0.3, -0.25) is 9.59 Å². The molecule has 144 valence electrons. The summed E-state index contributed by atoms with van der Waals surface area (Å²) in [7, 11) is 0. The Balaban J connectivity index is 1.93. The predicted molar refractivity (Wildman–Crippen MR) is 105 cm³/mol. The van der Waals surface area contributed by atoms with E-state index in [4.69, 9.17) is 5.11 Å². The maximum absolute atomic E-state index is 12.0. The van der Waals surface area contributed by atoms with E-state index in [1.54, 1.807) is 12.1 Å². The molecule has 7 heteroatoms. The van der Waals surface area contributed by atoms with Crippen molar-refractivity contribution in [1.29, 1.82) is 0 Å². The van der Waals surface area contributed by atoms with Crippen LogP contribution in [-0.2, 0) is 10.2 Å². The van der Waals surface area contributed by atoms with Gasteiger partial charge < -0.3 is 15.5 Å². The molecule has 0 saturated carbocycles. The van der Waals surface area contributed by atoms with Gasteiger partial charge in [0, 0.05) is 10.9 Å². The zero-order valence-electron chi connectivity index (χ0n) is 15.9. The SMILES string of the molecule is CC(C)(C)c1ccc(-c2ccc3c(O)c(C(=O)NCC(=O)O)ncc3n2)cc1. The van der Waals surface area contributed by atoms with Gasteiger partial charge in [-0.15, -0.1) is 0 Å². The second-order valence-electron chi connectivity index (χ2n) is 7.49. The molecule has 28 heavy (non-hydrogen) atoms. The number of aromatic hydroxyl groups is 1. The first-order valence-corrected chi connectivity index (χ1v) is 8.76. The van der Waals surface area contributed by atoms with Crippen molar-refractivity contribution >= 4 is 22.8 Å². The Labute approximate surface area is 162 Å². The van der Waals surface area contributed by atoms with Crippen molar-refractivity contribution in [2.75, 3.05) is 6.54 Å². The lowest BCUT2D eigenvalue weighted by Gasteiger charge is -2.19. The standard InChI is InChI=1S/C21H21N3O4/c1-21(2,3)13-6-4-12(5-7-13)15-9-8-14-16(24-15)10-22-18(19(14)27)20(28)23-11-17(25)26/h4-10,27H,11H2,1-3H3,(H,23,28)(H,25,26). The fraction of sp³-hybridized carbons (Fsp3) is 0.238. The number of carbonyl (C=O) groups is 2. The van der Waals surface area contributed by atoms with Gasteiger partial charge in [-0.25, -0.2) is 9.97 Å². The van der Waals surface area contributed by atoms with Crippen molar-refractivity contribution in [2.45, 2.75) is 26.2 Å². The Kier molecular flexibility index (Phi) is 5.00. The molecular weight excluding hydrogens is 358 g/mol. The molecule has 1 amide bonds. The summed E-state index contributed by atoms with van der Waals surface area (Å²) in [5.41, 5.74) is 3.12. The van der Waals surface area contributed by atoms with Crippen molar-refractivity contribution in [1.82, 2.24) is 15.3 Å². The van der Waals surface area contributed by atoms with Crippen LogP contribution >= 0.6 is 0 Å². The molecule has 3 N–H and O–H groups in total. The first-order valence-electron chi connectivity index (χ1n) is 8.76. The number of rotatable bonds is 4. The molecule has 0 saturated heterocycles. The van der Waals surface area contributed by atoms with Gasteiger partial charge >= 0.3 is 5.97 Å². The van der Waals surface area contributed by atoms with Crippen molar-refractivity contribution in [3.05, 3.63) is 53.9 Å². The van der Waals surface area contributed by atoms with E-state index < -0.39 is 18.4 Å². The van der Waals surface area contributed by atoms with Gasteiger partial charge in [0.1, 0.15) is 6.54 Å². The van der Waals surface area contributed by atoms with Gasteiger partial charge in [0.05, 0.1) is 17.4 Å². The Hall–Kier alpha value is -3.48. The summed E-state index contributed by atoms with van der Waals surface area (Å²) in [5.74, 6) is -2.27. The number of nitrogens with one attached hydrogen (secondary N) is 1. The fourth-order valence-electron chi connectivity index (χ4n) is 2.80. The highest BCUT2D eigenvalue weighted by Gasteiger charge is 2.18. The minimum atomic E-state index is -1.18. The van der Waals surface area contributed by atoms with Crippen molar-refractivity contribution in [2.24, 2.45) is 0 Å². The van der Waals surface area contributed by atoms with Crippen LogP contribution < -0.4 is 5.32 Å². The van der Waals surface area contributed by atoms with Gasteiger partial charge in [-0.1, -0.05) is 45.0 Å². The van der Waals surface area contributed by atoms with Crippen LogP contribution in [-0.4, -0.2) is 38.6 Å². The number of carboxylic acid groups (broad SMARTS) is 1. The number of aliphatic carboxylic acids is 1. The van der Waals surface area contributed by atoms with Crippen molar-refractivity contribution in [3.8, 4) is 17.0 Å². The molecule has 0 radical (unpaired) electrons. The number of fused-ring (bicyclic) bond motifs is 1. The van der Waals surface area contributed by atoms with Gasteiger partial charge in [-0.05, 0) is 23.1 Å². The molecule has 0 aliphatic heterocycles. The van der Waals surface area contributed by atoms with Gasteiger partial charge in [0.2, 0.25) is 0 Å². The van der Waals surface area contributed by atoms with E-state index in [-0.39, 0.29) is 16.9 Å². The summed E-state index contributed by atoms with van der Waals surface area (Å²) >= 11 is 0. The Bertz CT molecular complexity index is 1050. The summed E-state index contributed by atoms with van der Waals surface area (Å²) < 4.78 is 0. The molecule has 0 unspecified atom stereocenters. The van der Waals surface area contributed by atoms with Crippen molar-refractivity contribution in [3.63, 3.8) is 0 Å². The van der Waals surface area contributed by atoms with Gasteiger partial charge in [0.25, 0.3) is 5.91 Å². The molecule has 0 bridgehead atoms. The molecule has 0 atom stereocenters. The first-order chi connectivity index (χ1) is 13.2. The van der Waals surface area contributed by atoms with Crippen LogP contribution in [0.4, 0.5) is 0 Å². The quantitative estimate of drug-likeness (QED) is 0.642. The summed E-state index contributed by atoms with van der Waals surface area (Å²) in [6, 6.07) is 11.5. The number of amides is 1. The molecule has 0 fully saturated rings. The van der Waals surface area contributed by atoms with Crippen LogP contribution in [0.1, 0.15) is 36.8 Å². The average molecular weight is 379 g/mol. The number of nitrogens with zero attached hydrogens (tertiary/aromatic N) is 2. The number of hydrogen-bond donors (Lipinski definition) is 3. The van der Waals surface area contributed by atoms with Crippen molar-refractivity contribution < 1.29 is 19.8 Å². The van der Waals surface area contributed by atoms with Crippen LogP contribution in [0.5, 0.6) is 5.75 Å². The molecule has 3 aromatic rings. The minimum Gasteiger partial charge on any atom is -0.505 e. The first kappa shape index (κ1) is 19.3. The lowest BCUT2D eigenvalue weighted by atomic mass is 9.86. The maximum Gasteiger partial charge on any atom is 0.322 e. The third-order valence-corrected chi connectivity index (χ3v) is 4.38. The number of benzene rings is 1. The maximum atomic E-state index is 12.0. The molecule has 0 aliphatic rings. The van der Waals surface area contributed by atoms with Crippen LogP contribution in [0.2, 0.25) is 0 Å². The third-order valence-electron chi connectivity index (χ3n) is 4.38. The zero-order chi connectivity index (χ0) is 20.5. The minimum absolute atomic E-state index is 0.0582. The van der Waals surface area contributed by atoms with E-state index >= 15 is 0 Å². The summed E-state index contributed by atoms with van der Waals surface area (Å²) in [6.07, 6.45) is 1.39. The van der Waals surface area contributed by atoms with Gasteiger partial charge in [0.15, 0.2) is 11.4 Å². The van der Waals surface area contributed by atoms with Crippen LogP contribution in [0.3, 0.4) is 0 Å². The average Bonchev–Trinajstić information content (AvgIpc) is 2.65. The van der Waals surface area contributed by atoms with Crippen LogP contribution in [0, 0.1) is 0 Å². The fourth-order valence-corrected chi connectivity index (χ4v) is 2.80. The van der Waals surface area contributed by atoms with Gasteiger partial charge in [-0.2, -0.15) is 0 Å². The van der Waals surface area contributed by atoms with E-state index in [1.165, 1.54) is 11.8 Å². The highest BCUT2D eigenvalue weighted by Crippen LogP contribution is 2.30. The highest BCUT2D eigenvalue weighted by atomic mass is 16.4. The van der Waals surface area contributed by atoms with E-state index in [1.807, 2.05) is 12.1 Å². The molecule has 0 aliphatic carbocycles. The number of carbonyl (C=O) groups excluding carboxylic acids is 1. The van der Waals surface area contributed by atoms with E-state index in [0.717, 1.165) is 11.3 Å².